The van der Waals surface area contributed by atoms with Crippen LogP contribution in [-0.2, 0) is 6.61 Å². The molecule has 0 radical (unpaired) electrons. The summed E-state index contributed by atoms with van der Waals surface area (Å²) < 4.78 is 12.2. The second-order valence-electron chi connectivity index (χ2n) is 8.01. The number of rotatable bonds is 7. The molecule has 162 valence electrons. The molecule has 0 aliphatic carbocycles. The second-order valence-corrected chi connectivity index (χ2v) is 8.42. The number of halogens is 1. The highest BCUT2D eigenvalue weighted by Crippen LogP contribution is 2.34. The Kier molecular flexibility index (Phi) is 6.64. The summed E-state index contributed by atoms with van der Waals surface area (Å²) in [6, 6.07) is 17.5. The Balaban J connectivity index is 1.48. The zero-order valence-electron chi connectivity index (χ0n) is 17.8. The number of hydrogen-bond acceptors (Lipinski definition) is 5. The smallest absolute Gasteiger partial charge is 0.232 e. The van der Waals surface area contributed by atoms with E-state index in [0.29, 0.717) is 29.1 Å². The first-order valence-electron chi connectivity index (χ1n) is 10.6. The largest absolute Gasteiger partial charge is 0.471 e. The third-order valence-corrected chi connectivity index (χ3v) is 5.77. The van der Waals surface area contributed by atoms with Gasteiger partial charge in [0, 0.05) is 30.4 Å². The zero-order chi connectivity index (χ0) is 21.8. The number of aliphatic hydroxyl groups excluding tert-OH is 1. The molecule has 4 rings (SSSR count). The number of benzene rings is 2. The molecule has 5 nitrogen and oxygen atoms in total. The van der Waals surface area contributed by atoms with Crippen LogP contribution in [0.5, 0.6) is 17.4 Å². The molecule has 3 aromatic rings. The average Bonchev–Trinajstić information content (AvgIpc) is 3.24. The Bertz CT molecular complexity index is 1040. The Labute approximate surface area is 188 Å². The summed E-state index contributed by atoms with van der Waals surface area (Å²) >= 11 is 6.17. The van der Waals surface area contributed by atoms with Gasteiger partial charge in [-0.3, -0.25) is 0 Å². The fraction of sp³-hybridized carbons (Fsp3) is 0.320. The highest BCUT2D eigenvalue weighted by Gasteiger charge is 2.26. The Morgan fingerprint density at radius 1 is 1.16 bits per heavy atom. The van der Waals surface area contributed by atoms with Crippen LogP contribution in [0, 0.1) is 0 Å². The summed E-state index contributed by atoms with van der Waals surface area (Å²) in [5.74, 6) is 2.39. The maximum Gasteiger partial charge on any atom is 0.232 e. The lowest BCUT2D eigenvalue weighted by Gasteiger charge is -2.22. The van der Waals surface area contributed by atoms with Crippen molar-refractivity contribution in [2.75, 3.05) is 18.0 Å². The number of aromatic nitrogens is 1. The summed E-state index contributed by atoms with van der Waals surface area (Å²) in [6.07, 6.45) is 2.53. The third kappa shape index (κ3) is 4.94. The van der Waals surface area contributed by atoms with Crippen LogP contribution in [0.3, 0.4) is 0 Å². The first-order chi connectivity index (χ1) is 15.0. The van der Waals surface area contributed by atoms with Crippen molar-refractivity contribution in [1.29, 1.82) is 0 Å². The van der Waals surface area contributed by atoms with Crippen molar-refractivity contribution in [3.8, 4) is 17.4 Å². The van der Waals surface area contributed by atoms with Gasteiger partial charge >= 0.3 is 0 Å². The Hall–Kier alpha value is -2.76. The maximum absolute atomic E-state index is 10.0. The molecule has 1 fully saturated rings. The van der Waals surface area contributed by atoms with E-state index in [2.05, 4.69) is 29.8 Å². The molecule has 1 N–H and O–H groups in total. The van der Waals surface area contributed by atoms with Gasteiger partial charge in [0.1, 0.15) is 22.6 Å². The molecule has 0 amide bonds. The third-order valence-electron chi connectivity index (χ3n) is 5.48. The number of aliphatic hydroxyl groups is 1. The van der Waals surface area contributed by atoms with E-state index in [0.717, 1.165) is 35.5 Å². The van der Waals surface area contributed by atoms with E-state index < -0.39 is 0 Å². The minimum Gasteiger partial charge on any atom is -0.471 e. The number of para-hydroxylation sites is 1. The van der Waals surface area contributed by atoms with Crippen molar-refractivity contribution in [2.24, 2.45) is 0 Å². The number of pyridine rings is 1. The van der Waals surface area contributed by atoms with Crippen LogP contribution in [0.15, 0.2) is 60.8 Å². The van der Waals surface area contributed by atoms with Crippen molar-refractivity contribution in [2.45, 2.75) is 38.9 Å². The lowest BCUT2D eigenvalue weighted by Crippen LogP contribution is -2.25. The predicted octanol–water partition coefficient (Wildman–Crippen LogP) is 5.80. The van der Waals surface area contributed by atoms with Crippen LogP contribution < -0.4 is 14.4 Å². The van der Waals surface area contributed by atoms with Gasteiger partial charge < -0.3 is 19.5 Å². The highest BCUT2D eigenvalue weighted by atomic mass is 35.5. The van der Waals surface area contributed by atoms with Crippen LogP contribution in [0.2, 0.25) is 5.02 Å². The topological polar surface area (TPSA) is 54.8 Å². The zero-order valence-corrected chi connectivity index (χ0v) is 18.5. The van der Waals surface area contributed by atoms with Gasteiger partial charge in [-0.1, -0.05) is 43.6 Å². The standard InChI is InChI=1S/C25H27ClN2O3/c1-17(2)21-6-3-4-8-24(21)30-19-9-10-23(18(14-19)16-29)28-13-11-20(15-28)31-25-22(26)7-5-12-27-25/h3-10,12,14,17,20,29H,11,13,15-16H2,1-2H3. The van der Waals surface area contributed by atoms with Crippen LogP contribution in [0.25, 0.3) is 0 Å². The van der Waals surface area contributed by atoms with Gasteiger partial charge in [-0.2, -0.15) is 0 Å². The van der Waals surface area contributed by atoms with Crippen molar-refractivity contribution in [3.63, 3.8) is 0 Å². The molecule has 1 unspecified atom stereocenters. The second kappa shape index (κ2) is 9.58. The molecule has 1 aliphatic rings. The normalized spacial score (nSPS) is 16.0. The number of nitrogens with zero attached hydrogens (tertiary/aromatic N) is 2. The van der Waals surface area contributed by atoms with E-state index in [9.17, 15) is 5.11 Å². The molecule has 31 heavy (non-hydrogen) atoms. The van der Waals surface area contributed by atoms with E-state index in [-0.39, 0.29) is 12.7 Å². The number of anilines is 1. The first kappa shape index (κ1) is 21.5. The molecule has 6 heteroatoms. The summed E-state index contributed by atoms with van der Waals surface area (Å²) in [6.45, 7) is 5.77. The monoisotopic (exact) mass is 438 g/mol. The molecule has 1 aliphatic heterocycles. The summed E-state index contributed by atoms with van der Waals surface area (Å²) in [4.78, 5) is 6.44. The molecule has 0 spiro atoms. The number of hydrogen-bond donors (Lipinski definition) is 1. The molecule has 1 saturated heterocycles. The predicted molar refractivity (Wildman–Crippen MR) is 123 cm³/mol. The molecule has 0 bridgehead atoms. The Morgan fingerprint density at radius 3 is 2.77 bits per heavy atom. The minimum atomic E-state index is -0.0630. The van der Waals surface area contributed by atoms with Gasteiger partial charge in [0.15, 0.2) is 0 Å². The lowest BCUT2D eigenvalue weighted by atomic mass is 10.0. The van der Waals surface area contributed by atoms with Gasteiger partial charge in [-0.05, 0) is 47.9 Å². The van der Waals surface area contributed by atoms with E-state index >= 15 is 0 Å². The van der Waals surface area contributed by atoms with Crippen LogP contribution >= 0.6 is 11.6 Å². The number of ether oxygens (including phenoxy) is 2. The molecule has 1 atom stereocenters. The molecule has 2 heterocycles. The van der Waals surface area contributed by atoms with E-state index in [1.54, 1.807) is 18.3 Å². The summed E-state index contributed by atoms with van der Waals surface area (Å²) in [5, 5.41) is 10.5. The molecular formula is C25H27ClN2O3. The molecule has 2 aromatic carbocycles. The van der Waals surface area contributed by atoms with Crippen LogP contribution in [-0.4, -0.2) is 29.3 Å². The van der Waals surface area contributed by atoms with Gasteiger partial charge in [0.25, 0.3) is 0 Å². The van der Waals surface area contributed by atoms with Crippen molar-refractivity contribution >= 4 is 17.3 Å². The Morgan fingerprint density at radius 2 is 2.00 bits per heavy atom. The fourth-order valence-corrected chi connectivity index (χ4v) is 4.06. The van der Waals surface area contributed by atoms with E-state index in [1.165, 1.54) is 0 Å². The van der Waals surface area contributed by atoms with Crippen LogP contribution in [0.1, 0.15) is 37.3 Å². The quantitative estimate of drug-likeness (QED) is 0.505. The first-order valence-corrected chi connectivity index (χ1v) is 11.0. The fourth-order valence-electron chi connectivity index (χ4n) is 3.90. The minimum absolute atomic E-state index is 0.00668. The summed E-state index contributed by atoms with van der Waals surface area (Å²) in [5.41, 5.74) is 2.98. The summed E-state index contributed by atoms with van der Waals surface area (Å²) in [7, 11) is 0. The van der Waals surface area contributed by atoms with Crippen molar-refractivity contribution in [3.05, 3.63) is 76.9 Å². The van der Waals surface area contributed by atoms with E-state index in [1.807, 2.05) is 36.4 Å². The van der Waals surface area contributed by atoms with Crippen molar-refractivity contribution in [1.82, 2.24) is 4.98 Å². The van der Waals surface area contributed by atoms with E-state index in [4.69, 9.17) is 21.1 Å². The van der Waals surface area contributed by atoms with Gasteiger partial charge in [0.2, 0.25) is 5.88 Å². The van der Waals surface area contributed by atoms with Gasteiger partial charge in [0.05, 0.1) is 13.2 Å². The average molecular weight is 439 g/mol. The van der Waals surface area contributed by atoms with Gasteiger partial charge in [-0.25, -0.2) is 4.98 Å². The van der Waals surface area contributed by atoms with Crippen LogP contribution in [0.4, 0.5) is 5.69 Å². The highest BCUT2D eigenvalue weighted by molar-refractivity contribution is 6.31. The lowest BCUT2D eigenvalue weighted by molar-refractivity contribution is 0.216. The maximum atomic E-state index is 10.0. The van der Waals surface area contributed by atoms with Crippen molar-refractivity contribution < 1.29 is 14.6 Å². The SMILES string of the molecule is CC(C)c1ccccc1Oc1ccc(N2CCC(Oc3ncccc3Cl)C2)c(CO)c1. The van der Waals surface area contributed by atoms with Gasteiger partial charge in [-0.15, -0.1) is 0 Å². The molecule has 1 aromatic heterocycles. The molecule has 0 saturated carbocycles. The molecular weight excluding hydrogens is 412 g/mol.